The molecule has 0 amide bonds. The van der Waals surface area contributed by atoms with Crippen LogP contribution in [0.1, 0.15) is 5.56 Å². The van der Waals surface area contributed by atoms with Crippen molar-refractivity contribution in [2.24, 2.45) is 0 Å². The van der Waals surface area contributed by atoms with Gasteiger partial charge in [-0.15, -0.1) is 0 Å². The molecule has 96 valence electrons. The minimum atomic E-state index is -0.561. The van der Waals surface area contributed by atoms with Gasteiger partial charge in [0.1, 0.15) is 11.3 Å². The largest absolute Gasteiger partial charge is 0.332 e. The van der Waals surface area contributed by atoms with E-state index in [2.05, 4.69) is 42.5 Å². The first-order chi connectivity index (χ1) is 9.06. The smallest absolute Gasteiger partial charge is 0.327 e. The fraction of sp³-hybridized carbons (Fsp3) is 0.0833. The normalized spacial score (nSPS) is 11.1. The van der Waals surface area contributed by atoms with E-state index in [1.165, 1.54) is 0 Å². The molecule has 3 rings (SSSR count). The lowest BCUT2D eigenvalue weighted by atomic mass is 10.1. The number of aryl methyl sites for hydroxylation is 1. The van der Waals surface area contributed by atoms with Crippen LogP contribution in [0.15, 0.2) is 27.8 Å². The van der Waals surface area contributed by atoms with Crippen molar-refractivity contribution in [3.8, 4) is 11.4 Å². The van der Waals surface area contributed by atoms with Crippen LogP contribution in [0.2, 0.25) is 0 Å². The second kappa shape index (κ2) is 4.34. The minimum Gasteiger partial charge on any atom is -0.332 e. The number of halogens is 1. The van der Waals surface area contributed by atoms with Crippen LogP contribution in [0, 0.1) is 10.5 Å². The summed E-state index contributed by atoms with van der Waals surface area (Å²) in [6.45, 7) is 2.00. The van der Waals surface area contributed by atoms with Crippen LogP contribution in [-0.2, 0) is 0 Å². The van der Waals surface area contributed by atoms with Gasteiger partial charge in [0.2, 0.25) is 0 Å². The highest BCUT2D eigenvalue weighted by molar-refractivity contribution is 14.1. The molecule has 6 nitrogen and oxygen atoms in total. The number of nitrogens with one attached hydrogen (secondary N) is 3. The van der Waals surface area contributed by atoms with E-state index in [1.807, 2.05) is 25.1 Å². The molecule has 19 heavy (non-hydrogen) atoms. The zero-order valence-corrected chi connectivity index (χ0v) is 12.0. The molecule has 0 aliphatic carbocycles. The zero-order chi connectivity index (χ0) is 13.6. The number of imidazole rings is 1. The Morgan fingerprint density at radius 3 is 2.74 bits per heavy atom. The van der Waals surface area contributed by atoms with Crippen LogP contribution in [0.25, 0.3) is 22.6 Å². The van der Waals surface area contributed by atoms with Crippen molar-refractivity contribution in [3.63, 3.8) is 0 Å². The topological polar surface area (TPSA) is 94.4 Å². The molecule has 0 unspecified atom stereocenters. The summed E-state index contributed by atoms with van der Waals surface area (Å²) in [6.07, 6.45) is 0. The maximum absolute atomic E-state index is 11.6. The first-order valence-electron chi connectivity index (χ1n) is 5.54. The number of aromatic amines is 3. The van der Waals surface area contributed by atoms with Crippen LogP contribution in [-0.4, -0.2) is 19.9 Å². The highest BCUT2D eigenvalue weighted by Gasteiger charge is 2.12. The third-order valence-corrected chi connectivity index (χ3v) is 4.27. The maximum Gasteiger partial charge on any atom is 0.327 e. The summed E-state index contributed by atoms with van der Waals surface area (Å²) in [4.78, 5) is 34.7. The van der Waals surface area contributed by atoms with Gasteiger partial charge >= 0.3 is 5.69 Å². The van der Waals surface area contributed by atoms with Crippen molar-refractivity contribution in [2.45, 2.75) is 6.92 Å². The SMILES string of the molecule is Cc1cccc(-c2nc3[nH]c(=O)[nH]c(=O)c3[nH]2)c1I. The molecular weight excluding hydrogens is 359 g/mol. The first kappa shape index (κ1) is 12.2. The van der Waals surface area contributed by atoms with Gasteiger partial charge < -0.3 is 4.98 Å². The van der Waals surface area contributed by atoms with E-state index in [1.54, 1.807) is 0 Å². The van der Waals surface area contributed by atoms with E-state index >= 15 is 0 Å². The molecule has 0 atom stereocenters. The quantitative estimate of drug-likeness (QED) is 0.569. The van der Waals surface area contributed by atoms with Gasteiger partial charge in [0.05, 0.1) is 0 Å². The number of nitrogens with zero attached hydrogens (tertiary/aromatic N) is 1. The second-order valence-corrected chi connectivity index (χ2v) is 5.23. The summed E-state index contributed by atoms with van der Waals surface area (Å²) in [5.74, 6) is 0.565. The van der Waals surface area contributed by atoms with Gasteiger partial charge in [-0.3, -0.25) is 14.8 Å². The number of hydrogen-bond donors (Lipinski definition) is 3. The van der Waals surface area contributed by atoms with Gasteiger partial charge in [-0.1, -0.05) is 18.2 Å². The molecule has 0 fully saturated rings. The molecule has 7 heteroatoms. The molecule has 0 spiro atoms. The van der Waals surface area contributed by atoms with Crippen LogP contribution < -0.4 is 11.2 Å². The van der Waals surface area contributed by atoms with Crippen molar-refractivity contribution < 1.29 is 0 Å². The van der Waals surface area contributed by atoms with Gasteiger partial charge in [-0.05, 0) is 35.1 Å². The second-order valence-electron chi connectivity index (χ2n) is 4.15. The number of rotatable bonds is 1. The van der Waals surface area contributed by atoms with E-state index in [-0.39, 0.29) is 11.2 Å². The molecule has 0 saturated carbocycles. The van der Waals surface area contributed by atoms with Gasteiger partial charge in [0.25, 0.3) is 5.56 Å². The molecule has 2 heterocycles. The lowest BCUT2D eigenvalue weighted by molar-refractivity contribution is 1.07. The van der Waals surface area contributed by atoms with Gasteiger partial charge in [0.15, 0.2) is 5.65 Å². The highest BCUT2D eigenvalue weighted by Crippen LogP contribution is 2.25. The first-order valence-corrected chi connectivity index (χ1v) is 6.62. The predicted molar refractivity (Wildman–Crippen MR) is 80.2 cm³/mol. The van der Waals surface area contributed by atoms with Crippen molar-refractivity contribution in [3.05, 3.63) is 48.2 Å². The third-order valence-electron chi connectivity index (χ3n) is 2.84. The number of aromatic nitrogens is 4. The van der Waals surface area contributed by atoms with Gasteiger partial charge in [-0.25, -0.2) is 9.78 Å². The Balaban J connectivity index is 2.33. The van der Waals surface area contributed by atoms with E-state index < -0.39 is 11.2 Å². The number of hydrogen-bond acceptors (Lipinski definition) is 3. The van der Waals surface area contributed by atoms with Crippen LogP contribution in [0.3, 0.4) is 0 Å². The van der Waals surface area contributed by atoms with Gasteiger partial charge in [-0.2, -0.15) is 0 Å². The lowest BCUT2D eigenvalue weighted by Gasteiger charge is -2.03. The predicted octanol–water partition coefficient (Wildman–Crippen LogP) is 1.52. The third kappa shape index (κ3) is 1.99. The molecule has 2 aromatic heterocycles. The zero-order valence-electron chi connectivity index (χ0n) is 9.87. The summed E-state index contributed by atoms with van der Waals surface area (Å²) in [5, 5.41) is 0. The van der Waals surface area contributed by atoms with Crippen molar-refractivity contribution >= 4 is 33.8 Å². The van der Waals surface area contributed by atoms with Crippen LogP contribution in [0.4, 0.5) is 0 Å². The summed E-state index contributed by atoms with van der Waals surface area (Å²) in [5.41, 5.74) is 1.53. The standard InChI is InChI=1S/C12H9IN4O2/c1-5-3-2-4-6(7(5)13)9-14-8-10(15-9)16-12(19)17-11(8)18/h2-4H,1H3,(H3,14,15,16,17,18,19). The Morgan fingerprint density at radius 1 is 1.16 bits per heavy atom. The average Bonchev–Trinajstić information content (AvgIpc) is 2.76. The van der Waals surface area contributed by atoms with Crippen molar-refractivity contribution in [1.29, 1.82) is 0 Å². The molecule has 1 aromatic carbocycles. The fourth-order valence-electron chi connectivity index (χ4n) is 1.89. The number of fused-ring (bicyclic) bond motifs is 1. The van der Waals surface area contributed by atoms with Crippen molar-refractivity contribution in [1.82, 2.24) is 19.9 Å². The molecular formula is C12H9IN4O2. The van der Waals surface area contributed by atoms with E-state index in [0.29, 0.717) is 5.82 Å². The Labute approximate surface area is 120 Å². The van der Waals surface area contributed by atoms with Crippen LogP contribution >= 0.6 is 22.6 Å². The van der Waals surface area contributed by atoms with Crippen LogP contribution in [0.5, 0.6) is 0 Å². The Kier molecular flexibility index (Phi) is 2.77. The number of benzene rings is 1. The Bertz CT molecular complexity index is 891. The summed E-state index contributed by atoms with van der Waals surface area (Å²) >= 11 is 2.23. The fourth-order valence-corrected chi connectivity index (χ4v) is 2.51. The highest BCUT2D eigenvalue weighted by atomic mass is 127. The molecule has 0 aliphatic heterocycles. The molecule has 0 saturated heterocycles. The van der Waals surface area contributed by atoms with E-state index in [4.69, 9.17) is 0 Å². The molecule has 3 aromatic rings. The van der Waals surface area contributed by atoms with Gasteiger partial charge in [0, 0.05) is 9.13 Å². The average molecular weight is 368 g/mol. The molecule has 0 radical (unpaired) electrons. The number of H-pyrrole nitrogens is 3. The molecule has 0 aliphatic rings. The van der Waals surface area contributed by atoms with E-state index in [0.717, 1.165) is 14.7 Å². The Morgan fingerprint density at radius 2 is 1.95 bits per heavy atom. The summed E-state index contributed by atoms with van der Waals surface area (Å²) < 4.78 is 1.05. The molecule has 3 N–H and O–H groups in total. The van der Waals surface area contributed by atoms with Crippen molar-refractivity contribution in [2.75, 3.05) is 0 Å². The Hall–Kier alpha value is -1.90. The monoisotopic (exact) mass is 368 g/mol. The van der Waals surface area contributed by atoms with E-state index in [9.17, 15) is 9.59 Å². The maximum atomic E-state index is 11.6. The minimum absolute atomic E-state index is 0.265. The summed E-state index contributed by atoms with van der Waals surface area (Å²) in [7, 11) is 0. The lowest BCUT2D eigenvalue weighted by Crippen LogP contribution is -2.21. The molecule has 0 bridgehead atoms. The summed E-state index contributed by atoms with van der Waals surface area (Å²) in [6, 6.07) is 5.84.